The highest BCUT2D eigenvalue weighted by molar-refractivity contribution is 7.12. The molecule has 2 aromatic rings. The molecule has 114 valence electrons. The average Bonchev–Trinajstić information content (AvgIpc) is 2.88. The van der Waals surface area contributed by atoms with Crippen LogP contribution in [0.4, 0.5) is 0 Å². The molecule has 1 aromatic heterocycles. The van der Waals surface area contributed by atoms with Gasteiger partial charge in [-0.3, -0.25) is 0 Å². The van der Waals surface area contributed by atoms with Gasteiger partial charge < -0.3 is 5.32 Å². The van der Waals surface area contributed by atoms with Crippen LogP contribution in [0.5, 0.6) is 0 Å². The van der Waals surface area contributed by atoms with Crippen LogP contribution in [-0.2, 0) is 17.4 Å². The smallest absolute Gasteiger partial charge is 0.0300 e. The Balaban J connectivity index is 1.91. The van der Waals surface area contributed by atoms with E-state index in [1.165, 1.54) is 15.3 Å². The summed E-state index contributed by atoms with van der Waals surface area (Å²) in [4.78, 5) is 2.88. The van der Waals surface area contributed by atoms with E-state index in [9.17, 15) is 0 Å². The number of hydrogen-bond acceptors (Lipinski definition) is 2. The number of hydrogen-bond donors (Lipinski definition) is 1. The summed E-state index contributed by atoms with van der Waals surface area (Å²) in [6, 6.07) is 15.3. The molecule has 0 aliphatic carbocycles. The lowest BCUT2D eigenvalue weighted by atomic mass is 9.84. The lowest BCUT2D eigenvalue weighted by Crippen LogP contribution is -2.32. The molecule has 0 aliphatic rings. The van der Waals surface area contributed by atoms with Crippen molar-refractivity contribution in [2.75, 3.05) is 6.54 Å². The molecule has 0 fully saturated rings. The highest BCUT2D eigenvalue weighted by Gasteiger charge is 2.20. The molecule has 2 heteroatoms. The molecular weight excluding hydrogens is 274 g/mol. The fourth-order valence-corrected chi connectivity index (χ4v) is 3.40. The molecule has 0 atom stereocenters. The molecule has 21 heavy (non-hydrogen) atoms. The highest BCUT2D eigenvalue weighted by atomic mass is 32.1. The van der Waals surface area contributed by atoms with Gasteiger partial charge in [0.1, 0.15) is 0 Å². The molecule has 1 nitrogen and oxygen atoms in total. The first kappa shape index (κ1) is 16.3. The van der Waals surface area contributed by atoms with Crippen LogP contribution in [0.3, 0.4) is 0 Å². The minimum atomic E-state index is 0.158. The van der Waals surface area contributed by atoms with Crippen molar-refractivity contribution < 1.29 is 0 Å². The minimum absolute atomic E-state index is 0.158. The summed E-state index contributed by atoms with van der Waals surface area (Å²) in [5.74, 6) is 0. The molecule has 0 amide bonds. The third-order valence-corrected chi connectivity index (χ3v) is 5.33. The van der Waals surface area contributed by atoms with E-state index in [1.807, 2.05) is 11.3 Å². The summed E-state index contributed by atoms with van der Waals surface area (Å²) < 4.78 is 0. The first-order chi connectivity index (χ1) is 9.79. The van der Waals surface area contributed by atoms with Gasteiger partial charge in [-0.15, -0.1) is 11.3 Å². The zero-order valence-electron chi connectivity index (χ0n) is 13.9. The van der Waals surface area contributed by atoms with Gasteiger partial charge in [0.25, 0.3) is 0 Å². The summed E-state index contributed by atoms with van der Waals surface area (Å²) in [7, 11) is 0. The maximum Gasteiger partial charge on any atom is 0.0300 e. The number of nitrogens with one attached hydrogen (secondary N) is 1. The van der Waals surface area contributed by atoms with E-state index in [4.69, 9.17) is 0 Å². The van der Waals surface area contributed by atoms with Crippen LogP contribution in [0.15, 0.2) is 42.5 Å². The summed E-state index contributed by atoms with van der Waals surface area (Å²) in [5, 5.41) is 3.62. The van der Waals surface area contributed by atoms with E-state index in [0.717, 1.165) is 13.1 Å². The Kier molecular flexibility index (Phi) is 4.90. The lowest BCUT2D eigenvalue weighted by molar-refractivity contribution is 0.470. The van der Waals surface area contributed by atoms with Crippen molar-refractivity contribution in [3.05, 3.63) is 57.8 Å². The third kappa shape index (κ3) is 4.42. The summed E-state index contributed by atoms with van der Waals surface area (Å²) in [6.45, 7) is 13.4. The molecule has 0 unspecified atom stereocenters. The number of rotatable bonds is 5. The van der Waals surface area contributed by atoms with Gasteiger partial charge in [-0.1, -0.05) is 65.0 Å². The highest BCUT2D eigenvalue weighted by Crippen LogP contribution is 2.29. The Hall–Kier alpha value is -1.12. The van der Waals surface area contributed by atoms with Gasteiger partial charge in [-0.05, 0) is 23.1 Å². The average molecular weight is 301 g/mol. The van der Waals surface area contributed by atoms with Crippen LogP contribution >= 0.6 is 11.3 Å². The summed E-state index contributed by atoms with van der Waals surface area (Å²) in [5.41, 5.74) is 1.80. The second-order valence-electron chi connectivity index (χ2n) is 7.37. The summed E-state index contributed by atoms with van der Waals surface area (Å²) >= 11 is 1.92. The number of thiophene rings is 1. The maximum absolute atomic E-state index is 3.62. The van der Waals surface area contributed by atoms with Crippen LogP contribution in [0.25, 0.3) is 0 Å². The number of benzene rings is 1. The van der Waals surface area contributed by atoms with Crippen molar-refractivity contribution in [1.29, 1.82) is 0 Å². The van der Waals surface area contributed by atoms with E-state index in [0.29, 0.717) is 0 Å². The largest absolute Gasteiger partial charge is 0.311 e. The Morgan fingerprint density at radius 3 is 2.14 bits per heavy atom. The predicted molar refractivity (Wildman–Crippen MR) is 94.2 cm³/mol. The van der Waals surface area contributed by atoms with Gasteiger partial charge in [0.15, 0.2) is 0 Å². The van der Waals surface area contributed by atoms with Crippen molar-refractivity contribution in [3.63, 3.8) is 0 Å². The summed E-state index contributed by atoms with van der Waals surface area (Å²) in [6.07, 6.45) is 0. The molecule has 0 saturated carbocycles. The molecular formula is C19H27NS. The second kappa shape index (κ2) is 6.33. The van der Waals surface area contributed by atoms with Crippen LogP contribution in [0.1, 0.15) is 49.9 Å². The topological polar surface area (TPSA) is 12.0 Å². The maximum atomic E-state index is 3.62. The molecule has 1 N–H and O–H groups in total. The van der Waals surface area contributed by atoms with Crippen molar-refractivity contribution in [3.8, 4) is 0 Å². The van der Waals surface area contributed by atoms with Crippen molar-refractivity contribution >= 4 is 11.3 Å². The quantitative estimate of drug-likeness (QED) is 0.809. The Labute approximate surface area is 133 Å². The van der Waals surface area contributed by atoms with Gasteiger partial charge in [-0.2, -0.15) is 0 Å². The first-order valence-corrected chi connectivity index (χ1v) is 8.46. The zero-order chi connectivity index (χ0) is 15.5. The predicted octanol–water partition coefficient (Wildman–Crippen LogP) is 5.11. The molecule has 0 bridgehead atoms. The van der Waals surface area contributed by atoms with Crippen molar-refractivity contribution in [2.24, 2.45) is 0 Å². The first-order valence-electron chi connectivity index (χ1n) is 7.64. The van der Waals surface area contributed by atoms with Crippen LogP contribution < -0.4 is 5.32 Å². The van der Waals surface area contributed by atoms with Gasteiger partial charge >= 0.3 is 0 Å². The van der Waals surface area contributed by atoms with Crippen molar-refractivity contribution in [1.82, 2.24) is 5.32 Å². The van der Waals surface area contributed by atoms with Gasteiger partial charge in [0.05, 0.1) is 0 Å². The van der Waals surface area contributed by atoms with Gasteiger partial charge in [0, 0.05) is 28.3 Å². The Bertz CT molecular complexity index is 561. The standard InChI is InChI=1S/C19H27NS/c1-18(2,3)17-12-11-16(21-17)13-20-14-19(4,5)15-9-7-6-8-10-15/h6-12,20H,13-14H2,1-5H3. The van der Waals surface area contributed by atoms with E-state index in [2.05, 4.69) is 82.4 Å². The van der Waals surface area contributed by atoms with Crippen LogP contribution in [-0.4, -0.2) is 6.54 Å². The van der Waals surface area contributed by atoms with Gasteiger partial charge in [-0.25, -0.2) is 0 Å². The molecule has 1 aromatic carbocycles. The zero-order valence-corrected chi connectivity index (χ0v) is 14.7. The fourth-order valence-electron chi connectivity index (χ4n) is 2.37. The van der Waals surface area contributed by atoms with E-state index in [1.54, 1.807) is 0 Å². The van der Waals surface area contributed by atoms with Crippen molar-refractivity contribution in [2.45, 2.75) is 52.0 Å². The Morgan fingerprint density at radius 2 is 1.57 bits per heavy atom. The monoisotopic (exact) mass is 301 g/mol. The van der Waals surface area contributed by atoms with Crippen LogP contribution in [0, 0.1) is 0 Å². The fraction of sp³-hybridized carbons (Fsp3) is 0.474. The van der Waals surface area contributed by atoms with Crippen LogP contribution in [0.2, 0.25) is 0 Å². The molecule has 1 heterocycles. The second-order valence-corrected chi connectivity index (χ2v) is 8.54. The SMILES string of the molecule is CC(C)(C)c1ccc(CNCC(C)(C)c2ccccc2)s1. The Morgan fingerprint density at radius 1 is 0.905 bits per heavy atom. The molecule has 0 aliphatic heterocycles. The molecule has 2 rings (SSSR count). The molecule has 0 spiro atoms. The van der Waals surface area contributed by atoms with E-state index in [-0.39, 0.29) is 10.8 Å². The van der Waals surface area contributed by atoms with E-state index < -0.39 is 0 Å². The minimum Gasteiger partial charge on any atom is -0.311 e. The molecule has 0 radical (unpaired) electrons. The van der Waals surface area contributed by atoms with Gasteiger partial charge in [0.2, 0.25) is 0 Å². The third-order valence-electron chi connectivity index (χ3n) is 3.82. The normalized spacial score (nSPS) is 12.6. The van der Waals surface area contributed by atoms with E-state index >= 15 is 0 Å². The lowest BCUT2D eigenvalue weighted by Gasteiger charge is -2.25. The molecule has 0 saturated heterocycles.